The lowest BCUT2D eigenvalue weighted by Gasteiger charge is -2.21. The highest BCUT2D eigenvalue weighted by molar-refractivity contribution is 6.31. The predicted molar refractivity (Wildman–Crippen MR) is 79.2 cm³/mol. The van der Waals surface area contributed by atoms with Gasteiger partial charge >= 0.3 is 0 Å². The van der Waals surface area contributed by atoms with Crippen molar-refractivity contribution in [1.29, 1.82) is 0 Å². The molecule has 0 saturated heterocycles. The Hall–Kier alpha value is -1.54. The van der Waals surface area contributed by atoms with Gasteiger partial charge in [-0.2, -0.15) is 0 Å². The smallest absolute Gasteiger partial charge is 0.128 e. The largest absolute Gasteiger partial charge is 0.378 e. The van der Waals surface area contributed by atoms with E-state index in [-0.39, 0.29) is 11.9 Å². The second-order valence-corrected chi connectivity index (χ2v) is 4.95. The molecule has 0 aromatic heterocycles. The van der Waals surface area contributed by atoms with Gasteiger partial charge in [-0.05, 0) is 37.1 Å². The van der Waals surface area contributed by atoms with Crippen LogP contribution < -0.4 is 5.32 Å². The molecule has 2 aromatic carbocycles. The van der Waals surface area contributed by atoms with Gasteiger partial charge in [-0.25, -0.2) is 4.39 Å². The molecule has 2 rings (SSSR count). The van der Waals surface area contributed by atoms with E-state index in [9.17, 15) is 4.39 Å². The van der Waals surface area contributed by atoms with Crippen molar-refractivity contribution in [2.45, 2.75) is 26.3 Å². The second kappa shape index (κ2) is 6.07. The monoisotopic (exact) mass is 277 g/mol. The summed E-state index contributed by atoms with van der Waals surface area (Å²) < 4.78 is 13.8. The van der Waals surface area contributed by atoms with Crippen LogP contribution >= 0.6 is 11.6 Å². The molecule has 100 valence electrons. The first kappa shape index (κ1) is 13.9. The molecule has 1 unspecified atom stereocenters. The predicted octanol–water partition coefficient (Wildman–Crippen LogP) is 5.35. The zero-order valence-corrected chi connectivity index (χ0v) is 11.8. The van der Waals surface area contributed by atoms with E-state index in [0.29, 0.717) is 10.6 Å². The highest BCUT2D eigenvalue weighted by Gasteiger charge is 2.14. The summed E-state index contributed by atoms with van der Waals surface area (Å²) in [5.74, 6) is -0.179. The summed E-state index contributed by atoms with van der Waals surface area (Å²) in [5.41, 5.74) is 2.62. The minimum absolute atomic E-state index is 0.0571. The minimum Gasteiger partial charge on any atom is -0.378 e. The summed E-state index contributed by atoms with van der Waals surface area (Å²) in [6.45, 7) is 3.99. The van der Waals surface area contributed by atoms with Crippen LogP contribution in [-0.4, -0.2) is 0 Å². The van der Waals surface area contributed by atoms with Gasteiger partial charge in [-0.1, -0.05) is 42.8 Å². The van der Waals surface area contributed by atoms with E-state index < -0.39 is 0 Å². The molecular weight excluding hydrogens is 261 g/mol. The summed E-state index contributed by atoms with van der Waals surface area (Å²) in [7, 11) is 0. The lowest BCUT2D eigenvalue weighted by Crippen LogP contribution is -2.12. The molecule has 0 fully saturated rings. The molecule has 1 atom stereocenters. The van der Waals surface area contributed by atoms with Crippen LogP contribution in [0.5, 0.6) is 0 Å². The molecule has 0 spiro atoms. The fourth-order valence-electron chi connectivity index (χ4n) is 2.11. The molecule has 0 aliphatic carbocycles. The first-order chi connectivity index (χ1) is 9.13. The number of halogens is 2. The maximum atomic E-state index is 13.8. The van der Waals surface area contributed by atoms with E-state index in [4.69, 9.17) is 11.6 Å². The normalized spacial score (nSPS) is 12.2. The van der Waals surface area contributed by atoms with Gasteiger partial charge in [0, 0.05) is 16.3 Å². The Morgan fingerprint density at radius 1 is 1.16 bits per heavy atom. The molecule has 0 amide bonds. The Balaban J connectivity index is 2.30. The summed E-state index contributed by atoms with van der Waals surface area (Å²) in [6.07, 6.45) is 0.798. The molecule has 0 heterocycles. The van der Waals surface area contributed by atoms with E-state index in [1.807, 2.05) is 44.2 Å². The van der Waals surface area contributed by atoms with Crippen LogP contribution in [0.3, 0.4) is 0 Å². The van der Waals surface area contributed by atoms with Crippen molar-refractivity contribution in [2.75, 3.05) is 5.32 Å². The van der Waals surface area contributed by atoms with E-state index >= 15 is 0 Å². The lowest BCUT2D eigenvalue weighted by atomic mass is 10.0. The third kappa shape index (κ3) is 3.07. The Kier molecular flexibility index (Phi) is 4.43. The number of hydrogen-bond donors (Lipinski definition) is 1. The van der Waals surface area contributed by atoms with Gasteiger partial charge in [0.05, 0.1) is 6.04 Å². The SMILES string of the molecule is CCC(Nc1cccc(Cl)c1C)c1ccccc1F. The third-order valence-corrected chi connectivity index (χ3v) is 3.70. The van der Waals surface area contributed by atoms with Gasteiger partial charge in [0.1, 0.15) is 5.82 Å². The topological polar surface area (TPSA) is 12.0 Å². The third-order valence-electron chi connectivity index (χ3n) is 3.29. The highest BCUT2D eigenvalue weighted by Crippen LogP contribution is 2.29. The molecule has 0 aliphatic heterocycles. The standard InChI is InChI=1S/C16H17ClFN/c1-3-15(12-7-4-5-9-14(12)18)19-16-10-6-8-13(17)11(16)2/h4-10,15,19H,3H2,1-2H3. The van der Waals surface area contributed by atoms with E-state index in [2.05, 4.69) is 5.32 Å². The fourth-order valence-corrected chi connectivity index (χ4v) is 2.28. The van der Waals surface area contributed by atoms with Crippen molar-refractivity contribution < 1.29 is 4.39 Å². The fraction of sp³-hybridized carbons (Fsp3) is 0.250. The Morgan fingerprint density at radius 3 is 2.58 bits per heavy atom. The molecule has 0 bridgehead atoms. The van der Waals surface area contributed by atoms with Gasteiger partial charge in [-0.3, -0.25) is 0 Å². The van der Waals surface area contributed by atoms with Gasteiger partial charge in [0.25, 0.3) is 0 Å². The molecule has 0 saturated carbocycles. The number of hydrogen-bond acceptors (Lipinski definition) is 1. The van der Waals surface area contributed by atoms with Crippen LogP contribution in [0.25, 0.3) is 0 Å². The maximum Gasteiger partial charge on any atom is 0.128 e. The van der Waals surface area contributed by atoms with Crippen molar-refractivity contribution in [1.82, 2.24) is 0 Å². The molecular formula is C16H17ClFN. The van der Waals surface area contributed by atoms with E-state index in [1.165, 1.54) is 6.07 Å². The first-order valence-electron chi connectivity index (χ1n) is 6.39. The number of benzene rings is 2. The van der Waals surface area contributed by atoms with Gasteiger partial charge < -0.3 is 5.32 Å². The minimum atomic E-state index is -0.179. The zero-order valence-electron chi connectivity index (χ0n) is 11.1. The summed E-state index contributed by atoms with van der Waals surface area (Å²) in [4.78, 5) is 0. The first-order valence-corrected chi connectivity index (χ1v) is 6.77. The van der Waals surface area contributed by atoms with E-state index in [0.717, 1.165) is 17.7 Å². The van der Waals surface area contributed by atoms with Crippen LogP contribution in [0.2, 0.25) is 5.02 Å². The molecule has 1 nitrogen and oxygen atoms in total. The van der Waals surface area contributed by atoms with E-state index in [1.54, 1.807) is 6.07 Å². The van der Waals surface area contributed by atoms with Crippen LogP contribution in [-0.2, 0) is 0 Å². The molecule has 19 heavy (non-hydrogen) atoms. The quantitative estimate of drug-likeness (QED) is 0.794. The van der Waals surface area contributed by atoms with Crippen LogP contribution in [0, 0.1) is 12.7 Å². The Morgan fingerprint density at radius 2 is 1.89 bits per heavy atom. The molecule has 3 heteroatoms. The average Bonchev–Trinajstić information content (AvgIpc) is 2.41. The molecule has 0 aliphatic rings. The average molecular weight is 278 g/mol. The van der Waals surface area contributed by atoms with Crippen molar-refractivity contribution in [3.63, 3.8) is 0 Å². The summed E-state index contributed by atoms with van der Waals surface area (Å²) in [5, 5.41) is 4.09. The zero-order chi connectivity index (χ0) is 13.8. The van der Waals surface area contributed by atoms with Crippen LogP contribution in [0.1, 0.15) is 30.5 Å². The Labute approximate surface area is 118 Å². The number of rotatable bonds is 4. The van der Waals surface area contributed by atoms with Crippen molar-refractivity contribution in [2.24, 2.45) is 0 Å². The number of nitrogens with one attached hydrogen (secondary N) is 1. The van der Waals surface area contributed by atoms with Gasteiger partial charge in [-0.15, -0.1) is 0 Å². The second-order valence-electron chi connectivity index (χ2n) is 4.54. The van der Waals surface area contributed by atoms with Crippen molar-refractivity contribution in [3.8, 4) is 0 Å². The van der Waals surface area contributed by atoms with Crippen molar-refractivity contribution >= 4 is 17.3 Å². The van der Waals surface area contributed by atoms with Gasteiger partial charge in [0.2, 0.25) is 0 Å². The number of anilines is 1. The van der Waals surface area contributed by atoms with Crippen molar-refractivity contribution in [3.05, 3.63) is 64.4 Å². The van der Waals surface area contributed by atoms with Crippen LogP contribution in [0.4, 0.5) is 10.1 Å². The van der Waals surface area contributed by atoms with Gasteiger partial charge in [0.15, 0.2) is 0 Å². The van der Waals surface area contributed by atoms with Crippen LogP contribution in [0.15, 0.2) is 42.5 Å². The Bertz CT molecular complexity index is 568. The highest BCUT2D eigenvalue weighted by atomic mass is 35.5. The molecule has 2 aromatic rings. The molecule has 1 N–H and O–H groups in total. The summed E-state index contributed by atoms with van der Waals surface area (Å²) >= 11 is 6.10. The molecule has 0 radical (unpaired) electrons. The lowest BCUT2D eigenvalue weighted by molar-refractivity contribution is 0.587. The summed E-state index contributed by atoms with van der Waals surface area (Å²) in [6, 6.07) is 12.5. The maximum absolute atomic E-state index is 13.8.